The number of rotatable bonds is 3. The van der Waals surface area contributed by atoms with Crippen molar-refractivity contribution in [2.75, 3.05) is 7.11 Å². The molecule has 2 aromatic rings. The van der Waals surface area contributed by atoms with E-state index in [4.69, 9.17) is 4.74 Å². The van der Waals surface area contributed by atoms with Crippen molar-refractivity contribution in [3.05, 3.63) is 56.7 Å². The Morgan fingerprint density at radius 1 is 1.22 bits per heavy atom. The fourth-order valence-electron chi connectivity index (χ4n) is 1.67. The van der Waals surface area contributed by atoms with Crippen LogP contribution < -0.4 is 4.74 Å². The van der Waals surface area contributed by atoms with Gasteiger partial charge in [-0.25, -0.2) is 0 Å². The van der Waals surface area contributed by atoms with Crippen LogP contribution in [0.15, 0.2) is 45.5 Å². The number of pyridine rings is 1. The van der Waals surface area contributed by atoms with Crippen LogP contribution in [-0.2, 0) is 0 Å². The van der Waals surface area contributed by atoms with Crippen LogP contribution in [0.2, 0.25) is 0 Å². The number of ether oxygens (including phenoxy) is 1. The molecular formula is C13H11Br2NO2. The van der Waals surface area contributed by atoms with Crippen LogP contribution in [0.25, 0.3) is 0 Å². The zero-order valence-electron chi connectivity index (χ0n) is 9.60. The second-order valence-corrected chi connectivity index (χ2v) is 5.53. The highest BCUT2D eigenvalue weighted by molar-refractivity contribution is 9.11. The maximum absolute atomic E-state index is 10.4. The second kappa shape index (κ2) is 5.82. The van der Waals surface area contributed by atoms with E-state index >= 15 is 0 Å². The van der Waals surface area contributed by atoms with Crippen LogP contribution in [0.4, 0.5) is 0 Å². The van der Waals surface area contributed by atoms with Gasteiger partial charge in [0.25, 0.3) is 0 Å². The van der Waals surface area contributed by atoms with Gasteiger partial charge in [-0.05, 0) is 35.9 Å². The minimum Gasteiger partial charge on any atom is -0.495 e. The second-order valence-electron chi connectivity index (χ2n) is 3.70. The molecule has 0 aliphatic heterocycles. The van der Waals surface area contributed by atoms with Crippen LogP contribution in [0, 0.1) is 0 Å². The highest BCUT2D eigenvalue weighted by atomic mass is 79.9. The number of nitrogens with zero attached hydrogens (tertiary/aromatic N) is 1. The summed E-state index contributed by atoms with van der Waals surface area (Å²) in [7, 11) is 1.56. The zero-order chi connectivity index (χ0) is 13.1. The van der Waals surface area contributed by atoms with E-state index in [1.54, 1.807) is 25.4 Å². The Morgan fingerprint density at radius 2 is 1.89 bits per heavy atom. The lowest BCUT2D eigenvalue weighted by molar-refractivity contribution is 0.209. The summed E-state index contributed by atoms with van der Waals surface area (Å²) in [6.45, 7) is 0. The standard InChI is InChI=1S/C13H11Br2NO2/c1-18-11-3-2-4-16-12(11)13(17)8-5-9(14)7-10(15)6-8/h2-7,13,17H,1H3. The summed E-state index contributed by atoms with van der Waals surface area (Å²) in [4.78, 5) is 4.18. The minimum atomic E-state index is -0.824. The average molecular weight is 373 g/mol. The Kier molecular flexibility index (Phi) is 4.37. The van der Waals surface area contributed by atoms with E-state index in [0.29, 0.717) is 11.4 Å². The molecule has 0 saturated carbocycles. The average Bonchev–Trinajstić information content (AvgIpc) is 2.36. The summed E-state index contributed by atoms with van der Waals surface area (Å²) in [6, 6.07) is 9.16. The first-order chi connectivity index (χ1) is 8.61. The molecule has 1 aromatic carbocycles. The lowest BCUT2D eigenvalue weighted by atomic mass is 10.1. The molecule has 0 radical (unpaired) electrons. The van der Waals surface area contributed by atoms with E-state index in [2.05, 4.69) is 36.8 Å². The Bertz CT molecular complexity index is 540. The molecule has 3 nitrogen and oxygen atoms in total. The first kappa shape index (κ1) is 13.5. The molecule has 0 aliphatic carbocycles. The van der Waals surface area contributed by atoms with Gasteiger partial charge in [0, 0.05) is 15.1 Å². The predicted molar refractivity (Wildman–Crippen MR) is 76.7 cm³/mol. The van der Waals surface area contributed by atoms with E-state index in [-0.39, 0.29) is 0 Å². The molecule has 0 fully saturated rings. The number of methoxy groups -OCH3 is 1. The molecule has 0 spiro atoms. The minimum absolute atomic E-state index is 0.505. The third kappa shape index (κ3) is 2.91. The Morgan fingerprint density at radius 3 is 2.50 bits per heavy atom. The van der Waals surface area contributed by atoms with Crippen molar-refractivity contribution in [3.63, 3.8) is 0 Å². The van der Waals surface area contributed by atoms with Gasteiger partial charge in [0.2, 0.25) is 0 Å². The highest BCUT2D eigenvalue weighted by Gasteiger charge is 2.17. The van der Waals surface area contributed by atoms with Crippen molar-refractivity contribution in [1.82, 2.24) is 4.98 Å². The van der Waals surface area contributed by atoms with Gasteiger partial charge in [-0.15, -0.1) is 0 Å². The molecule has 5 heteroatoms. The van der Waals surface area contributed by atoms with E-state index in [1.165, 1.54) is 0 Å². The van der Waals surface area contributed by atoms with E-state index in [1.807, 2.05) is 18.2 Å². The van der Waals surface area contributed by atoms with Gasteiger partial charge >= 0.3 is 0 Å². The molecule has 18 heavy (non-hydrogen) atoms. The largest absolute Gasteiger partial charge is 0.495 e. The van der Waals surface area contributed by atoms with Gasteiger partial charge in [-0.1, -0.05) is 31.9 Å². The summed E-state index contributed by atoms with van der Waals surface area (Å²) >= 11 is 6.79. The SMILES string of the molecule is COc1cccnc1C(O)c1cc(Br)cc(Br)c1. The van der Waals surface area contributed by atoms with Gasteiger partial charge in [-0.2, -0.15) is 0 Å². The Hall–Kier alpha value is -0.910. The van der Waals surface area contributed by atoms with E-state index in [0.717, 1.165) is 14.5 Å². The van der Waals surface area contributed by atoms with Crippen molar-refractivity contribution in [1.29, 1.82) is 0 Å². The molecule has 1 aromatic heterocycles. The molecule has 1 atom stereocenters. The highest BCUT2D eigenvalue weighted by Crippen LogP contribution is 2.31. The van der Waals surface area contributed by atoms with Crippen LogP contribution in [0.3, 0.4) is 0 Å². The van der Waals surface area contributed by atoms with Gasteiger partial charge in [0.05, 0.1) is 7.11 Å². The molecule has 0 bridgehead atoms. The maximum Gasteiger partial charge on any atom is 0.143 e. The molecule has 2 rings (SSSR count). The summed E-state index contributed by atoms with van der Waals surface area (Å²) in [5, 5.41) is 10.4. The van der Waals surface area contributed by atoms with Crippen molar-refractivity contribution in [3.8, 4) is 5.75 Å². The van der Waals surface area contributed by atoms with Crippen LogP contribution in [0.1, 0.15) is 17.4 Å². The molecule has 0 saturated heterocycles. The number of benzene rings is 1. The fraction of sp³-hybridized carbons (Fsp3) is 0.154. The van der Waals surface area contributed by atoms with Crippen molar-refractivity contribution in [2.45, 2.75) is 6.10 Å². The van der Waals surface area contributed by atoms with Crippen molar-refractivity contribution < 1.29 is 9.84 Å². The quantitative estimate of drug-likeness (QED) is 0.893. The molecule has 94 valence electrons. The normalized spacial score (nSPS) is 12.2. The number of aliphatic hydroxyl groups excluding tert-OH is 1. The van der Waals surface area contributed by atoms with Crippen LogP contribution in [0.5, 0.6) is 5.75 Å². The number of aromatic nitrogens is 1. The Labute approximate surface area is 122 Å². The lowest BCUT2D eigenvalue weighted by Gasteiger charge is -2.14. The van der Waals surface area contributed by atoms with Crippen molar-refractivity contribution in [2.24, 2.45) is 0 Å². The van der Waals surface area contributed by atoms with E-state index in [9.17, 15) is 5.11 Å². The zero-order valence-corrected chi connectivity index (χ0v) is 12.8. The number of hydrogen-bond acceptors (Lipinski definition) is 3. The molecule has 1 N–H and O–H groups in total. The van der Waals surface area contributed by atoms with Crippen LogP contribution >= 0.6 is 31.9 Å². The smallest absolute Gasteiger partial charge is 0.143 e. The van der Waals surface area contributed by atoms with Gasteiger partial charge in [0.1, 0.15) is 17.5 Å². The summed E-state index contributed by atoms with van der Waals surface area (Å²) in [5.41, 5.74) is 1.25. The lowest BCUT2D eigenvalue weighted by Crippen LogP contribution is -2.04. The summed E-state index contributed by atoms with van der Waals surface area (Å²) < 4.78 is 6.98. The molecule has 1 unspecified atom stereocenters. The Balaban J connectivity index is 2.44. The van der Waals surface area contributed by atoms with Gasteiger partial charge in [0.15, 0.2) is 0 Å². The third-order valence-electron chi connectivity index (χ3n) is 2.48. The first-order valence-corrected chi connectivity index (χ1v) is 6.83. The number of hydrogen-bond donors (Lipinski definition) is 1. The maximum atomic E-state index is 10.4. The fourth-order valence-corrected chi connectivity index (χ4v) is 3.00. The van der Waals surface area contributed by atoms with E-state index < -0.39 is 6.10 Å². The number of aliphatic hydroxyl groups is 1. The van der Waals surface area contributed by atoms with Gasteiger partial charge < -0.3 is 9.84 Å². The monoisotopic (exact) mass is 371 g/mol. The predicted octanol–water partition coefficient (Wildman–Crippen LogP) is 3.70. The van der Waals surface area contributed by atoms with Gasteiger partial charge in [-0.3, -0.25) is 4.98 Å². The number of halogens is 2. The molecule has 0 amide bonds. The summed E-state index contributed by atoms with van der Waals surface area (Å²) in [5.74, 6) is 0.570. The summed E-state index contributed by atoms with van der Waals surface area (Å²) in [6.07, 6.45) is 0.809. The first-order valence-electron chi connectivity index (χ1n) is 5.25. The van der Waals surface area contributed by atoms with Crippen LogP contribution in [-0.4, -0.2) is 17.2 Å². The third-order valence-corrected chi connectivity index (χ3v) is 3.39. The molecule has 0 aliphatic rings. The molecule has 1 heterocycles. The topological polar surface area (TPSA) is 42.4 Å². The van der Waals surface area contributed by atoms with Crippen molar-refractivity contribution >= 4 is 31.9 Å². The molecular weight excluding hydrogens is 362 g/mol.